The quantitative estimate of drug-likeness (QED) is 0.706. The van der Waals surface area contributed by atoms with E-state index in [0.29, 0.717) is 6.54 Å². The summed E-state index contributed by atoms with van der Waals surface area (Å²) < 4.78 is 0. The second-order valence-electron chi connectivity index (χ2n) is 5.89. The lowest BCUT2D eigenvalue weighted by molar-refractivity contribution is -0.133. The van der Waals surface area contributed by atoms with Gasteiger partial charge in [-0.15, -0.1) is 0 Å². The van der Waals surface area contributed by atoms with Gasteiger partial charge in [0, 0.05) is 19.1 Å². The molecule has 0 bridgehead atoms. The number of aliphatic hydroxyl groups excluding tert-OH is 1. The Kier molecular flexibility index (Phi) is 8.86. The third kappa shape index (κ3) is 5.80. The molecule has 1 aliphatic rings. The van der Waals surface area contributed by atoms with Gasteiger partial charge in [0.05, 0.1) is 13.2 Å². The monoisotopic (exact) mass is 284 g/mol. The van der Waals surface area contributed by atoms with Gasteiger partial charge in [-0.25, -0.2) is 0 Å². The molecule has 1 fully saturated rings. The minimum atomic E-state index is 0.178. The molecule has 0 radical (unpaired) electrons. The molecule has 20 heavy (non-hydrogen) atoms. The highest BCUT2D eigenvalue weighted by Gasteiger charge is 2.25. The van der Waals surface area contributed by atoms with Crippen LogP contribution < -0.4 is 0 Å². The number of likely N-dealkylation sites (tertiary alicyclic amines) is 1. The van der Waals surface area contributed by atoms with Crippen molar-refractivity contribution < 1.29 is 9.90 Å². The van der Waals surface area contributed by atoms with E-state index in [1.165, 1.54) is 6.42 Å². The Labute approximate surface area is 124 Å². The molecule has 1 N–H and O–H groups in total. The van der Waals surface area contributed by atoms with Crippen molar-refractivity contribution in [2.24, 2.45) is 0 Å². The van der Waals surface area contributed by atoms with Crippen molar-refractivity contribution in [3.8, 4) is 0 Å². The Morgan fingerprint density at radius 3 is 2.40 bits per heavy atom. The Morgan fingerprint density at radius 2 is 1.85 bits per heavy atom. The summed E-state index contributed by atoms with van der Waals surface area (Å²) in [4.78, 5) is 16.7. The van der Waals surface area contributed by atoms with Crippen LogP contribution in [0.4, 0.5) is 0 Å². The Morgan fingerprint density at radius 1 is 1.20 bits per heavy atom. The number of carbonyl (C=O) groups is 1. The van der Waals surface area contributed by atoms with Crippen LogP contribution in [0.1, 0.15) is 58.8 Å². The topological polar surface area (TPSA) is 43.8 Å². The molecule has 1 saturated heterocycles. The zero-order valence-corrected chi connectivity index (χ0v) is 13.3. The summed E-state index contributed by atoms with van der Waals surface area (Å²) in [5.74, 6) is 0.243. The first-order valence-corrected chi connectivity index (χ1v) is 8.35. The van der Waals surface area contributed by atoms with Crippen LogP contribution in [0.25, 0.3) is 0 Å². The van der Waals surface area contributed by atoms with Gasteiger partial charge in [-0.05, 0) is 32.2 Å². The molecule has 1 rings (SSSR count). The van der Waals surface area contributed by atoms with Crippen molar-refractivity contribution in [3.05, 3.63) is 0 Å². The number of amides is 1. The van der Waals surface area contributed by atoms with Gasteiger partial charge in [-0.3, -0.25) is 9.69 Å². The summed E-state index contributed by atoms with van der Waals surface area (Å²) in [6, 6.07) is 0.187. The number of aliphatic hydroxyl groups is 1. The number of hydrogen-bond donors (Lipinski definition) is 1. The van der Waals surface area contributed by atoms with Gasteiger partial charge in [-0.1, -0.05) is 33.1 Å². The number of rotatable bonds is 9. The maximum Gasteiger partial charge on any atom is 0.236 e. The van der Waals surface area contributed by atoms with Crippen molar-refractivity contribution in [3.63, 3.8) is 0 Å². The van der Waals surface area contributed by atoms with E-state index >= 15 is 0 Å². The molecule has 4 heteroatoms. The van der Waals surface area contributed by atoms with Crippen molar-refractivity contribution >= 4 is 5.91 Å². The molecule has 1 amide bonds. The molecule has 0 aromatic heterocycles. The van der Waals surface area contributed by atoms with Crippen molar-refractivity contribution in [1.29, 1.82) is 0 Å². The molecule has 0 aliphatic carbocycles. The highest BCUT2D eigenvalue weighted by atomic mass is 16.3. The van der Waals surface area contributed by atoms with E-state index in [-0.39, 0.29) is 18.6 Å². The van der Waals surface area contributed by atoms with Gasteiger partial charge in [0.1, 0.15) is 0 Å². The molecule has 1 aliphatic heterocycles. The lowest BCUT2D eigenvalue weighted by atomic mass is 10.0. The second kappa shape index (κ2) is 10.2. The predicted molar refractivity (Wildman–Crippen MR) is 82.7 cm³/mol. The average Bonchev–Trinajstić information content (AvgIpc) is 2.47. The number of hydrogen-bond acceptors (Lipinski definition) is 3. The van der Waals surface area contributed by atoms with Crippen molar-refractivity contribution in [2.75, 3.05) is 32.8 Å². The minimum Gasteiger partial charge on any atom is -0.395 e. The van der Waals surface area contributed by atoms with Crippen molar-refractivity contribution in [1.82, 2.24) is 9.80 Å². The van der Waals surface area contributed by atoms with Crippen LogP contribution in [-0.2, 0) is 4.79 Å². The number of nitrogens with zero attached hydrogens (tertiary/aromatic N) is 2. The summed E-state index contributed by atoms with van der Waals surface area (Å²) in [7, 11) is 0. The number of carbonyl (C=O) groups excluding carboxylic acids is 1. The predicted octanol–water partition coefficient (Wildman–Crippen LogP) is 2.26. The van der Waals surface area contributed by atoms with Crippen LogP contribution in [0.15, 0.2) is 0 Å². The van der Waals surface area contributed by atoms with E-state index in [2.05, 4.69) is 18.7 Å². The SMILES string of the molecule is CCCCN(CCCC)C(=O)CN1CCCCC1CO. The van der Waals surface area contributed by atoms with Crippen LogP contribution in [0.5, 0.6) is 0 Å². The first kappa shape index (κ1) is 17.4. The van der Waals surface area contributed by atoms with E-state index < -0.39 is 0 Å². The lowest BCUT2D eigenvalue weighted by Crippen LogP contribution is -2.48. The highest BCUT2D eigenvalue weighted by Crippen LogP contribution is 2.16. The first-order chi connectivity index (χ1) is 9.72. The molecule has 0 aromatic carbocycles. The van der Waals surface area contributed by atoms with Crippen LogP contribution in [0.3, 0.4) is 0 Å². The summed E-state index contributed by atoms with van der Waals surface area (Å²) in [6.07, 6.45) is 7.75. The van der Waals surface area contributed by atoms with Gasteiger partial charge in [0.2, 0.25) is 5.91 Å². The van der Waals surface area contributed by atoms with Gasteiger partial charge in [-0.2, -0.15) is 0 Å². The first-order valence-electron chi connectivity index (χ1n) is 8.35. The van der Waals surface area contributed by atoms with Gasteiger partial charge in [0.15, 0.2) is 0 Å². The average molecular weight is 284 g/mol. The fourth-order valence-electron chi connectivity index (χ4n) is 2.81. The molecular weight excluding hydrogens is 252 g/mol. The van der Waals surface area contributed by atoms with E-state index in [1.54, 1.807) is 0 Å². The molecular formula is C16H32N2O2. The third-order valence-corrected chi connectivity index (χ3v) is 4.21. The smallest absolute Gasteiger partial charge is 0.236 e. The molecule has 0 saturated carbocycles. The zero-order valence-electron chi connectivity index (χ0n) is 13.3. The molecule has 1 heterocycles. The summed E-state index contributed by atoms with van der Waals surface area (Å²) in [5, 5.41) is 9.43. The number of piperidine rings is 1. The fourth-order valence-corrected chi connectivity index (χ4v) is 2.81. The molecule has 1 unspecified atom stereocenters. The standard InChI is InChI=1S/C16H32N2O2/c1-3-5-10-17(11-6-4-2)16(20)13-18-12-8-7-9-15(18)14-19/h15,19H,3-14H2,1-2H3. The normalized spacial score (nSPS) is 20.1. The van der Waals surface area contributed by atoms with Crippen LogP contribution in [0.2, 0.25) is 0 Å². The van der Waals surface area contributed by atoms with Gasteiger partial charge in [0.25, 0.3) is 0 Å². The van der Waals surface area contributed by atoms with Crippen LogP contribution >= 0.6 is 0 Å². The fraction of sp³-hybridized carbons (Fsp3) is 0.938. The summed E-state index contributed by atoms with van der Waals surface area (Å²) >= 11 is 0. The Hall–Kier alpha value is -0.610. The second-order valence-corrected chi connectivity index (χ2v) is 5.89. The van der Waals surface area contributed by atoms with E-state index in [0.717, 1.165) is 58.2 Å². The van der Waals surface area contributed by atoms with E-state index in [9.17, 15) is 9.90 Å². The maximum absolute atomic E-state index is 12.5. The Balaban J connectivity index is 2.49. The molecule has 1 atom stereocenters. The summed E-state index contributed by atoms with van der Waals surface area (Å²) in [5.41, 5.74) is 0. The Bertz CT molecular complexity index is 263. The molecule has 0 spiro atoms. The highest BCUT2D eigenvalue weighted by molar-refractivity contribution is 5.78. The zero-order chi connectivity index (χ0) is 14.8. The molecule has 0 aromatic rings. The lowest BCUT2D eigenvalue weighted by Gasteiger charge is -2.35. The number of unbranched alkanes of at least 4 members (excludes halogenated alkanes) is 2. The molecule has 118 valence electrons. The maximum atomic E-state index is 12.5. The van der Waals surface area contributed by atoms with E-state index in [1.807, 2.05) is 4.90 Å². The molecule has 4 nitrogen and oxygen atoms in total. The van der Waals surface area contributed by atoms with Crippen molar-refractivity contribution in [2.45, 2.75) is 64.8 Å². The van der Waals surface area contributed by atoms with Crippen LogP contribution in [0, 0.1) is 0 Å². The van der Waals surface area contributed by atoms with E-state index in [4.69, 9.17) is 0 Å². The largest absolute Gasteiger partial charge is 0.395 e. The van der Waals surface area contributed by atoms with Crippen LogP contribution in [-0.4, -0.2) is 59.6 Å². The minimum absolute atomic E-state index is 0.178. The van der Waals surface area contributed by atoms with Gasteiger partial charge < -0.3 is 10.0 Å². The summed E-state index contributed by atoms with van der Waals surface area (Å²) in [6.45, 7) is 7.70. The van der Waals surface area contributed by atoms with Gasteiger partial charge >= 0.3 is 0 Å². The third-order valence-electron chi connectivity index (χ3n) is 4.21.